The van der Waals surface area contributed by atoms with E-state index in [0.717, 1.165) is 48.2 Å². The lowest BCUT2D eigenvalue weighted by molar-refractivity contribution is -0.903. The molecule has 2 N–H and O–H groups in total. The molecule has 0 aromatic heterocycles. The molecule has 9 heteroatoms. The minimum absolute atomic E-state index is 0.177. The molecule has 1 atom stereocenters. The summed E-state index contributed by atoms with van der Waals surface area (Å²) in [4.78, 5) is 39.9. The standard InChI is InChI=1S/C21H27N5O3S/c1-14-7-8-18-17(13-14)21(26(16(3)28)23-20(30-21)22-15(2)27)19(29)25(18)12-11-24-9-5-4-6-10-24/h7-8,13H,4-6,9-12H2,1-3H3,(H,22,23,27)/p+1/t21-/m1/s1. The van der Waals surface area contributed by atoms with Crippen LogP contribution in [-0.2, 0) is 19.3 Å². The van der Waals surface area contributed by atoms with Crippen LogP contribution in [0, 0.1) is 6.92 Å². The lowest BCUT2D eigenvalue weighted by Crippen LogP contribution is -3.13. The zero-order chi connectivity index (χ0) is 21.5. The molecule has 3 aliphatic rings. The highest BCUT2D eigenvalue weighted by Gasteiger charge is 2.61. The van der Waals surface area contributed by atoms with Crippen molar-refractivity contribution in [3.8, 4) is 0 Å². The van der Waals surface area contributed by atoms with Gasteiger partial charge in [0.15, 0.2) is 5.17 Å². The Morgan fingerprint density at radius 2 is 1.97 bits per heavy atom. The summed E-state index contributed by atoms with van der Waals surface area (Å²) in [7, 11) is 0. The number of aryl methyl sites for hydroxylation is 1. The number of hydrazone groups is 1. The summed E-state index contributed by atoms with van der Waals surface area (Å²) in [6, 6.07) is 5.90. The van der Waals surface area contributed by atoms with E-state index in [2.05, 4.69) is 10.4 Å². The van der Waals surface area contributed by atoms with Gasteiger partial charge in [0.25, 0.3) is 5.91 Å². The van der Waals surface area contributed by atoms with Crippen LogP contribution in [0.15, 0.2) is 23.3 Å². The Hall–Kier alpha value is -2.39. The van der Waals surface area contributed by atoms with Gasteiger partial charge in [-0.05, 0) is 44.0 Å². The van der Waals surface area contributed by atoms with Crippen LogP contribution in [0.2, 0.25) is 0 Å². The zero-order valence-electron chi connectivity index (χ0n) is 17.7. The maximum absolute atomic E-state index is 13.8. The van der Waals surface area contributed by atoms with E-state index in [1.165, 1.54) is 43.0 Å². The van der Waals surface area contributed by atoms with Crippen LogP contribution in [0.3, 0.4) is 0 Å². The van der Waals surface area contributed by atoms with Gasteiger partial charge in [0.2, 0.25) is 16.7 Å². The molecule has 4 rings (SSSR count). The molecule has 1 aromatic carbocycles. The number of piperidine rings is 1. The van der Waals surface area contributed by atoms with Crippen molar-refractivity contribution in [1.82, 2.24) is 10.3 Å². The molecule has 3 amide bonds. The summed E-state index contributed by atoms with van der Waals surface area (Å²) >= 11 is 1.14. The summed E-state index contributed by atoms with van der Waals surface area (Å²) in [6.45, 7) is 8.48. The Labute approximate surface area is 180 Å². The molecular weight excluding hydrogens is 402 g/mol. The van der Waals surface area contributed by atoms with Crippen molar-refractivity contribution >= 4 is 40.3 Å². The van der Waals surface area contributed by atoms with E-state index in [1.54, 1.807) is 4.90 Å². The van der Waals surface area contributed by atoms with E-state index in [1.807, 2.05) is 25.1 Å². The molecule has 0 radical (unpaired) electrons. The van der Waals surface area contributed by atoms with Crippen molar-refractivity contribution in [2.45, 2.75) is 44.9 Å². The third-order valence-electron chi connectivity index (χ3n) is 5.91. The molecule has 3 aliphatic heterocycles. The van der Waals surface area contributed by atoms with Gasteiger partial charge in [-0.2, -0.15) is 5.01 Å². The fourth-order valence-electron chi connectivity index (χ4n) is 4.52. The first kappa shape index (κ1) is 20.9. The van der Waals surface area contributed by atoms with Gasteiger partial charge in [-0.3, -0.25) is 14.4 Å². The molecule has 1 fully saturated rings. The topological polar surface area (TPSA) is 86.5 Å². The molecular formula is C21H28N5O3S+. The minimum Gasteiger partial charge on any atom is -0.333 e. The second kappa shape index (κ2) is 8.03. The van der Waals surface area contributed by atoms with Crippen LogP contribution in [0.5, 0.6) is 0 Å². The maximum Gasteiger partial charge on any atom is 0.271 e. The number of anilines is 1. The highest BCUT2D eigenvalue weighted by atomic mass is 32.2. The van der Waals surface area contributed by atoms with Crippen LogP contribution in [-0.4, -0.2) is 54.1 Å². The summed E-state index contributed by atoms with van der Waals surface area (Å²) in [5, 5.41) is 8.45. The van der Waals surface area contributed by atoms with Crippen molar-refractivity contribution in [2.24, 2.45) is 5.10 Å². The number of benzene rings is 1. The predicted molar refractivity (Wildman–Crippen MR) is 116 cm³/mol. The first-order valence-electron chi connectivity index (χ1n) is 10.5. The minimum atomic E-state index is -1.30. The Balaban J connectivity index is 1.70. The second-order valence-electron chi connectivity index (χ2n) is 8.20. The summed E-state index contributed by atoms with van der Waals surface area (Å²) < 4.78 is 0. The monoisotopic (exact) mass is 430 g/mol. The Morgan fingerprint density at radius 3 is 2.63 bits per heavy atom. The van der Waals surface area contributed by atoms with Crippen LogP contribution >= 0.6 is 11.8 Å². The number of carbonyl (C=O) groups excluding carboxylic acids is 3. The molecule has 0 saturated carbocycles. The lowest BCUT2D eigenvalue weighted by Gasteiger charge is -2.30. The normalized spacial score (nSPS) is 23.7. The number of fused-ring (bicyclic) bond motifs is 2. The number of hydrogen-bond acceptors (Lipinski definition) is 5. The van der Waals surface area contributed by atoms with E-state index >= 15 is 0 Å². The number of rotatable bonds is 3. The van der Waals surface area contributed by atoms with E-state index in [-0.39, 0.29) is 22.9 Å². The Morgan fingerprint density at radius 1 is 1.23 bits per heavy atom. The van der Waals surface area contributed by atoms with E-state index in [4.69, 9.17) is 0 Å². The predicted octanol–water partition coefficient (Wildman–Crippen LogP) is 0.566. The van der Waals surface area contributed by atoms with Gasteiger partial charge >= 0.3 is 0 Å². The van der Waals surface area contributed by atoms with Gasteiger partial charge in [-0.25, -0.2) is 0 Å². The summed E-state index contributed by atoms with van der Waals surface area (Å²) in [5.41, 5.74) is 2.58. The zero-order valence-corrected chi connectivity index (χ0v) is 18.5. The molecule has 30 heavy (non-hydrogen) atoms. The summed E-state index contributed by atoms with van der Waals surface area (Å²) in [6.07, 6.45) is 3.74. The number of amidine groups is 1. The van der Waals surface area contributed by atoms with E-state index in [0.29, 0.717) is 6.54 Å². The molecule has 1 spiro atoms. The van der Waals surface area contributed by atoms with Gasteiger partial charge in [0.1, 0.15) is 0 Å². The number of carbonyl (C=O) groups is 3. The first-order chi connectivity index (χ1) is 14.3. The second-order valence-corrected chi connectivity index (χ2v) is 9.38. The van der Waals surface area contributed by atoms with Gasteiger partial charge in [-0.15, -0.1) is 5.10 Å². The van der Waals surface area contributed by atoms with Gasteiger partial charge in [0, 0.05) is 19.4 Å². The molecule has 1 saturated heterocycles. The average Bonchev–Trinajstić information content (AvgIpc) is 3.18. The Kier molecular flexibility index (Phi) is 5.59. The molecule has 160 valence electrons. The molecule has 0 aliphatic carbocycles. The first-order valence-corrected chi connectivity index (χ1v) is 11.3. The van der Waals surface area contributed by atoms with Gasteiger partial charge < -0.3 is 15.1 Å². The van der Waals surface area contributed by atoms with Crippen molar-refractivity contribution < 1.29 is 19.3 Å². The highest BCUT2D eigenvalue weighted by molar-refractivity contribution is 8.15. The fraction of sp³-hybridized carbons (Fsp3) is 0.524. The third kappa shape index (κ3) is 3.50. The number of nitrogens with zero attached hydrogens (tertiary/aromatic N) is 3. The number of thioether (sulfide) groups is 1. The molecule has 3 heterocycles. The number of amides is 3. The molecule has 0 bridgehead atoms. The van der Waals surface area contributed by atoms with Gasteiger partial charge in [-0.1, -0.05) is 17.7 Å². The van der Waals surface area contributed by atoms with Crippen LogP contribution in [0.4, 0.5) is 5.69 Å². The molecule has 1 aromatic rings. The van der Waals surface area contributed by atoms with Crippen molar-refractivity contribution in [2.75, 3.05) is 31.1 Å². The smallest absolute Gasteiger partial charge is 0.271 e. The average molecular weight is 431 g/mol. The van der Waals surface area contributed by atoms with Crippen LogP contribution in [0.25, 0.3) is 0 Å². The number of hydrogen-bond donors (Lipinski definition) is 2. The van der Waals surface area contributed by atoms with Crippen molar-refractivity contribution in [3.63, 3.8) is 0 Å². The van der Waals surface area contributed by atoms with Crippen molar-refractivity contribution in [3.05, 3.63) is 29.3 Å². The highest BCUT2D eigenvalue weighted by Crippen LogP contribution is 2.54. The largest absolute Gasteiger partial charge is 0.333 e. The number of likely N-dealkylation sites (tertiary alicyclic amines) is 1. The number of quaternary nitrogens is 1. The van der Waals surface area contributed by atoms with Crippen molar-refractivity contribution in [1.29, 1.82) is 0 Å². The SMILES string of the molecule is CC(=O)NC1=NN(C(C)=O)[C@]2(S1)C(=O)N(CC[NH+]1CCCCC1)c1ccc(C)cc12. The maximum atomic E-state index is 13.8. The van der Waals surface area contributed by atoms with E-state index in [9.17, 15) is 14.4 Å². The Bertz CT molecular complexity index is 927. The fourth-order valence-corrected chi connectivity index (χ4v) is 5.84. The van der Waals surface area contributed by atoms with Gasteiger partial charge in [0.05, 0.1) is 31.9 Å². The van der Waals surface area contributed by atoms with E-state index < -0.39 is 4.87 Å². The summed E-state index contributed by atoms with van der Waals surface area (Å²) in [5.74, 6) is -0.807. The third-order valence-corrected chi connectivity index (χ3v) is 7.15. The molecule has 8 nitrogen and oxygen atoms in total. The quantitative estimate of drug-likeness (QED) is 0.734. The van der Waals surface area contributed by atoms with Crippen LogP contribution in [0.1, 0.15) is 44.2 Å². The molecule has 0 unspecified atom stereocenters. The number of nitrogens with one attached hydrogen (secondary N) is 2. The van der Waals surface area contributed by atoms with Crippen LogP contribution < -0.4 is 15.1 Å². The lowest BCUT2D eigenvalue weighted by atomic mass is 10.0.